The van der Waals surface area contributed by atoms with Gasteiger partial charge in [0.2, 0.25) is 5.91 Å². The average Bonchev–Trinajstić information content (AvgIpc) is 2.97. The highest BCUT2D eigenvalue weighted by molar-refractivity contribution is 5.81. The Morgan fingerprint density at radius 3 is 2.56 bits per heavy atom. The number of fused-ring (bicyclic) bond motifs is 1. The topological polar surface area (TPSA) is 58.4 Å². The molecule has 3 aliphatic rings. The molecular formula is C22H29N3O2. The number of hydrogen-bond acceptors (Lipinski definition) is 3. The molecule has 0 aromatic carbocycles. The molecule has 1 saturated heterocycles. The largest absolute Gasteiger partial charge is 0.390 e. The van der Waals surface area contributed by atoms with Crippen LogP contribution in [0.15, 0.2) is 24.4 Å². The van der Waals surface area contributed by atoms with Crippen LogP contribution in [0.1, 0.15) is 57.1 Å². The molecule has 1 spiro atoms. The molecule has 1 amide bonds. The van der Waals surface area contributed by atoms with Crippen molar-refractivity contribution in [2.45, 2.75) is 57.0 Å². The van der Waals surface area contributed by atoms with Gasteiger partial charge < -0.3 is 14.6 Å². The van der Waals surface area contributed by atoms with Gasteiger partial charge in [-0.25, -0.2) is 4.98 Å². The predicted octanol–water partition coefficient (Wildman–Crippen LogP) is 3.22. The minimum absolute atomic E-state index is 0.0508. The van der Waals surface area contributed by atoms with E-state index in [0.29, 0.717) is 24.2 Å². The molecule has 5 nitrogen and oxygen atoms in total. The Balaban J connectivity index is 1.18. The lowest BCUT2D eigenvalue weighted by molar-refractivity contribution is -0.163. The summed E-state index contributed by atoms with van der Waals surface area (Å²) in [7, 11) is 2.05. The maximum absolute atomic E-state index is 12.5. The first-order valence-electron chi connectivity index (χ1n) is 10.3. The van der Waals surface area contributed by atoms with Crippen molar-refractivity contribution in [1.29, 1.82) is 0 Å². The molecule has 5 heteroatoms. The summed E-state index contributed by atoms with van der Waals surface area (Å²) in [6.45, 7) is 3.67. The molecule has 2 aromatic heterocycles. The van der Waals surface area contributed by atoms with E-state index in [0.717, 1.165) is 18.7 Å². The molecule has 1 aliphatic heterocycles. The van der Waals surface area contributed by atoms with Gasteiger partial charge in [-0.3, -0.25) is 4.79 Å². The van der Waals surface area contributed by atoms with Crippen molar-refractivity contribution >= 4 is 16.9 Å². The molecule has 1 N–H and O–H groups in total. The first-order valence-corrected chi connectivity index (χ1v) is 10.3. The van der Waals surface area contributed by atoms with Crippen molar-refractivity contribution in [2.24, 2.45) is 18.4 Å². The van der Waals surface area contributed by atoms with Crippen molar-refractivity contribution in [3.05, 3.63) is 30.1 Å². The fourth-order valence-electron chi connectivity index (χ4n) is 5.57. The van der Waals surface area contributed by atoms with Crippen LogP contribution in [-0.2, 0) is 11.8 Å². The SMILES string of the molecule is Cn1ccc2ccc(C3CCC4(CC3)CN(C(=O)C3CC(C)(O)C3)C4)nc21. The number of hydrogen-bond donors (Lipinski definition) is 1. The molecule has 0 unspecified atom stereocenters. The predicted molar refractivity (Wildman–Crippen MR) is 104 cm³/mol. The number of carbonyl (C=O) groups is 1. The van der Waals surface area contributed by atoms with Gasteiger partial charge in [0.1, 0.15) is 5.65 Å². The van der Waals surface area contributed by atoms with E-state index in [9.17, 15) is 9.90 Å². The minimum atomic E-state index is -0.618. The summed E-state index contributed by atoms with van der Waals surface area (Å²) in [5.41, 5.74) is 2.02. The molecule has 0 atom stereocenters. The lowest BCUT2D eigenvalue weighted by Gasteiger charge is -2.55. The molecule has 3 fully saturated rings. The van der Waals surface area contributed by atoms with E-state index < -0.39 is 5.60 Å². The third-order valence-corrected chi connectivity index (χ3v) is 7.29. The van der Waals surface area contributed by atoms with Crippen LogP contribution in [0.5, 0.6) is 0 Å². The number of amides is 1. The third kappa shape index (κ3) is 2.87. The number of aromatic nitrogens is 2. The van der Waals surface area contributed by atoms with E-state index in [1.165, 1.54) is 36.8 Å². The van der Waals surface area contributed by atoms with Gasteiger partial charge in [-0.1, -0.05) is 0 Å². The highest BCUT2D eigenvalue weighted by Crippen LogP contribution is 2.49. The van der Waals surface area contributed by atoms with Crippen LogP contribution >= 0.6 is 0 Å². The smallest absolute Gasteiger partial charge is 0.225 e. The van der Waals surface area contributed by atoms with Gasteiger partial charge in [-0.05, 0) is 63.6 Å². The van der Waals surface area contributed by atoms with Gasteiger partial charge in [0, 0.05) is 54.7 Å². The number of nitrogens with zero attached hydrogens (tertiary/aromatic N) is 3. The van der Waals surface area contributed by atoms with E-state index in [4.69, 9.17) is 4.98 Å². The van der Waals surface area contributed by atoms with Gasteiger partial charge in [-0.15, -0.1) is 0 Å². The van der Waals surface area contributed by atoms with Crippen molar-refractivity contribution in [2.75, 3.05) is 13.1 Å². The van der Waals surface area contributed by atoms with Crippen molar-refractivity contribution in [3.8, 4) is 0 Å². The second-order valence-electron chi connectivity index (χ2n) is 9.65. The van der Waals surface area contributed by atoms with E-state index in [1.54, 1.807) is 0 Å². The second kappa shape index (κ2) is 5.81. The zero-order valence-electron chi connectivity index (χ0n) is 16.3. The number of aliphatic hydroxyl groups is 1. The van der Waals surface area contributed by atoms with E-state index in [1.807, 2.05) is 11.8 Å². The zero-order chi connectivity index (χ0) is 18.8. The van der Waals surface area contributed by atoms with Gasteiger partial charge in [0.15, 0.2) is 0 Å². The van der Waals surface area contributed by atoms with Crippen LogP contribution in [0.4, 0.5) is 0 Å². The quantitative estimate of drug-likeness (QED) is 0.887. The molecule has 144 valence electrons. The Morgan fingerprint density at radius 1 is 1.19 bits per heavy atom. The Bertz CT molecular complexity index is 876. The van der Waals surface area contributed by atoms with Gasteiger partial charge in [0.05, 0.1) is 5.60 Å². The lowest BCUT2D eigenvalue weighted by Crippen LogP contribution is -2.62. The van der Waals surface area contributed by atoms with Gasteiger partial charge in [0.25, 0.3) is 0 Å². The third-order valence-electron chi connectivity index (χ3n) is 7.29. The lowest BCUT2D eigenvalue weighted by atomic mass is 9.64. The van der Waals surface area contributed by atoms with Crippen LogP contribution in [0.2, 0.25) is 0 Å². The van der Waals surface area contributed by atoms with Crippen LogP contribution < -0.4 is 0 Å². The Labute approximate surface area is 160 Å². The highest BCUT2D eigenvalue weighted by atomic mass is 16.3. The maximum atomic E-state index is 12.5. The monoisotopic (exact) mass is 367 g/mol. The van der Waals surface area contributed by atoms with Crippen molar-refractivity contribution in [3.63, 3.8) is 0 Å². The van der Waals surface area contributed by atoms with Crippen LogP contribution in [0.25, 0.3) is 11.0 Å². The summed E-state index contributed by atoms with van der Waals surface area (Å²) in [5.74, 6) is 0.862. The summed E-state index contributed by atoms with van der Waals surface area (Å²) >= 11 is 0. The number of aryl methyl sites for hydroxylation is 1. The molecular weight excluding hydrogens is 338 g/mol. The molecule has 27 heavy (non-hydrogen) atoms. The van der Waals surface area contributed by atoms with E-state index in [-0.39, 0.29) is 11.8 Å². The van der Waals surface area contributed by atoms with E-state index >= 15 is 0 Å². The van der Waals surface area contributed by atoms with E-state index in [2.05, 4.69) is 36.0 Å². The van der Waals surface area contributed by atoms with Crippen LogP contribution in [0, 0.1) is 11.3 Å². The second-order valence-corrected chi connectivity index (χ2v) is 9.65. The van der Waals surface area contributed by atoms with Crippen LogP contribution in [-0.4, -0.2) is 44.2 Å². The summed E-state index contributed by atoms with van der Waals surface area (Å²) < 4.78 is 2.09. The Hall–Kier alpha value is -1.88. The fourth-order valence-corrected chi connectivity index (χ4v) is 5.57. The normalized spacial score (nSPS) is 30.3. The number of pyridine rings is 1. The van der Waals surface area contributed by atoms with Crippen molar-refractivity contribution in [1.82, 2.24) is 14.5 Å². The summed E-state index contributed by atoms with van der Waals surface area (Å²) in [6.07, 6.45) is 8.05. The molecule has 0 radical (unpaired) electrons. The summed E-state index contributed by atoms with van der Waals surface area (Å²) in [4.78, 5) is 19.5. The molecule has 3 heterocycles. The molecule has 2 aliphatic carbocycles. The zero-order valence-corrected chi connectivity index (χ0v) is 16.3. The van der Waals surface area contributed by atoms with Gasteiger partial charge >= 0.3 is 0 Å². The Morgan fingerprint density at radius 2 is 1.89 bits per heavy atom. The standard InChI is InChI=1S/C22H29N3O2/c1-21(27)11-17(12-21)20(26)25-13-22(14-25)8-5-15(6-9-22)18-4-3-16-7-10-24(2)19(16)23-18/h3-4,7,10,15,17,27H,5-6,8-9,11-14H2,1-2H3. The minimum Gasteiger partial charge on any atom is -0.390 e. The van der Waals surface area contributed by atoms with Crippen molar-refractivity contribution < 1.29 is 9.90 Å². The fraction of sp³-hybridized carbons (Fsp3) is 0.636. The number of carbonyl (C=O) groups excluding carboxylic acids is 1. The molecule has 0 bridgehead atoms. The molecule has 5 rings (SSSR count). The van der Waals surface area contributed by atoms with Gasteiger partial charge in [-0.2, -0.15) is 0 Å². The maximum Gasteiger partial charge on any atom is 0.225 e. The molecule has 2 saturated carbocycles. The summed E-state index contributed by atoms with van der Waals surface area (Å²) in [5, 5.41) is 11.1. The Kier molecular flexibility index (Phi) is 3.71. The highest BCUT2D eigenvalue weighted by Gasteiger charge is 2.51. The summed E-state index contributed by atoms with van der Waals surface area (Å²) in [6, 6.07) is 6.51. The first-order chi connectivity index (χ1) is 12.8. The first kappa shape index (κ1) is 17.2. The van der Waals surface area contributed by atoms with Crippen LogP contribution in [0.3, 0.4) is 0 Å². The number of rotatable bonds is 2. The average molecular weight is 367 g/mol. The molecule has 2 aromatic rings. The number of likely N-dealkylation sites (tertiary alicyclic amines) is 1.